The Bertz CT molecular complexity index is 845. The van der Waals surface area contributed by atoms with E-state index in [1.807, 2.05) is 66.9 Å². The van der Waals surface area contributed by atoms with Crippen LogP contribution in [0.2, 0.25) is 0 Å². The normalized spacial score (nSPS) is 14.7. The van der Waals surface area contributed by atoms with E-state index in [0.717, 1.165) is 22.3 Å². The van der Waals surface area contributed by atoms with Crippen molar-refractivity contribution in [1.82, 2.24) is 4.90 Å². The smallest absolute Gasteiger partial charge is 0.504 e. The molecule has 28 heavy (non-hydrogen) atoms. The maximum atomic E-state index is 11.1. The lowest BCUT2D eigenvalue weighted by Crippen LogP contribution is -2.26. The van der Waals surface area contributed by atoms with Crippen LogP contribution in [-0.2, 0) is 11.0 Å². The third kappa shape index (κ3) is 5.15. The van der Waals surface area contributed by atoms with Crippen LogP contribution in [0.1, 0.15) is 50.4 Å². The molecule has 0 amide bonds. The Labute approximate surface area is 168 Å². The zero-order valence-corrected chi connectivity index (χ0v) is 18.6. The molecule has 0 saturated carbocycles. The van der Waals surface area contributed by atoms with Crippen molar-refractivity contribution in [3.63, 3.8) is 0 Å². The predicted octanol–water partition coefficient (Wildman–Crippen LogP) is 5.05. The van der Waals surface area contributed by atoms with Crippen molar-refractivity contribution < 1.29 is 24.0 Å². The second-order valence-corrected chi connectivity index (χ2v) is 7.41. The fraction of sp³-hybridized carbons (Fsp3) is 0.429. The highest BCUT2D eigenvalue weighted by atomic mass is 31.2. The van der Waals surface area contributed by atoms with E-state index in [1.54, 1.807) is 6.07 Å². The SMILES string of the molecule is CC.CC.Cc1cccc2c1C(N(C)C)Cc1ccc(OP(=O)(O)O)c(O)c1-2. The minimum atomic E-state index is -4.74. The molecule has 0 radical (unpaired) electrons. The molecule has 6 nitrogen and oxygen atoms in total. The molecule has 0 heterocycles. The average molecular weight is 409 g/mol. The lowest BCUT2D eigenvalue weighted by atomic mass is 9.79. The van der Waals surface area contributed by atoms with Crippen molar-refractivity contribution in [3.05, 3.63) is 47.0 Å². The highest BCUT2D eigenvalue weighted by molar-refractivity contribution is 7.46. The lowest BCUT2D eigenvalue weighted by molar-refractivity contribution is 0.277. The molecule has 0 fully saturated rings. The van der Waals surface area contributed by atoms with E-state index in [-0.39, 0.29) is 17.5 Å². The molecular formula is C21H32NO5P. The summed E-state index contributed by atoms with van der Waals surface area (Å²) >= 11 is 0. The fourth-order valence-corrected chi connectivity index (χ4v) is 3.78. The van der Waals surface area contributed by atoms with Crippen LogP contribution in [0.4, 0.5) is 0 Å². The second-order valence-electron chi connectivity index (χ2n) is 6.25. The van der Waals surface area contributed by atoms with Gasteiger partial charge >= 0.3 is 7.82 Å². The van der Waals surface area contributed by atoms with E-state index in [2.05, 4.69) is 9.42 Å². The van der Waals surface area contributed by atoms with Crippen molar-refractivity contribution in [1.29, 1.82) is 0 Å². The van der Waals surface area contributed by atoms with E-state index < -0.39 is 7.82 Å². The quantitative estimate of drug-likeness (QED) is 0.615. The first-order chi connectivity index (χ1) is 13.2. The number of benzene rings is 2. The minimum absolute atomic E-state index is 0.168. The van der Waals surface area contributed by atoms with E-state index in [9.17, 15) is 9.67 Å². The molecule has 156 valence electrons. The number of nitrogens with zero attached hydrogens (tertiary/aromatic N) is 1. The van der Waals surface area contributed by atoms with E-state index >= 15 is 0 Å². The van der Waals surface area contributed by atoms with Crippen LogP contribution >= 0.6 is 7.82 Å². The molecule has 1 aliphatic rings. The van der Waals surface area contributed by atoms with E-state index in [4.69, 9.17) is 9.79 Å². The minimum Gasteiger partial charge on any atom is -0.504 e. The summed E-state index contributed by atoms with van der Waals surface area (Å²) in [5.41, 5.74) is 4.58. The van der Waals surface area contributed by atoms with Crippen molar-refractivity contribution >= 4 is 7.82 Å². The topological polar surface area (TPSA) is 90.2 Å². The average Bonchev–Trinajstić information content (AvgIpc) is 2.65. The van der Waals surface area contributed by atoms with Crippen LogP contribution in [0.5, 0.6) is 11.5 Å². The first-order valence-corrected chi connectivity index (χ1v) is 11.1. The molecule has 0 spiro atoms. The summed E-state index contributed by atoms with van der Waals surface area (Å²) in [7, 11) is -0.719. The molecule has 0 bridgehead atoms. The van der Waals surface area contributed by atoms with Crippen LogP contribution in [-0.4, -0.2) is 33.9 Å². The van der Waals surface area contributed by atoms with Gasteiger partial charge in [0.1, 0.15) is 0 Å². The molecule has 1 atom stereocenters. The first kappa shape index (κ1) is 24.2. The zero-order valence-electron chi connectivity index (χ0n) is 17.7. The highest BCUT2D eigenvalue weighted by Gasteiger charge is 2.31. The van der Waals surface area contributed by atoms with Gasteiger partial charge in [-0.15, -0.1) is 0 Å². The van der Waals surface area contributed by atoms with Crippen LogP contribution in [0.15, 0.2) is 30.3 Å². The van der Waals surface area contributed by atoms with Gasteiger partial charge in [-0.1, -0.05) is 52.0 Å². The molecule has 2 aromatic carbocycles. The first-order valence-electron chi connectivity index (χ1n) is 9.55. The second kappa shape index (κ2) is 10.1. The van der Waals surface area contributed by atoms with Crippen LogP contribution in [0.3, 0.4) is 0 Å². The molecule has 3 N–H and O–H groups in total. The number of hydrogen-bond donors (Lipinski definition) is 3. The van der Waals surface area contributed by atoms with Gasteiger partial charge in [0.25, 0.3) is 0 Å². The summed E-state index contributed by atoms with van der Waals surface area (Å²) in [6.07, 6.45) is 0.698. The molecule has 1 aliphatic carbocycles. The summed E-state index contributed by atoms with van der Waals surface area (Å²) in [4.78, 5) is 20.2. The van der Waals surface area contributed by atoms with Gasteiger partial charge in [-0.25, -0.2) is 4.57 Å². The van der Waals surface area contributed by atoms with E-state index in [0.29, 0.717) is 12.0 Å². The van der Waals surface area contributed by atoms with Gasteiger partial charge in [0, 0.05) is 11.6 Å². The Balaban J connectivity index is 0.000000921. The third-order valence-corrected chi connectivity index (χ3v) is 4.84. The maximum absolute atomic E-state index is 11.1. The molecular weight excluding hydrogens is 377 g/mol. The highest BCUT2D eigenvalue weighted by Crippen LogP contribution is 2.51. The molecule has 0 saturated heterocycles. The summed E-state index contributed by atoms with van der Waals surface area (Å²) < 4.78 is 15.7. The number of aryl methyl sites for hydroxylation is 1. The molecule has 1 unspecified atom stereocenters. The number of phosphoric acid groups is 1. The Hall–Kier alpha value is -1.85. The Morgan fingerprint density at radius 3 is 2.21 bits per heavy atom. The number of fused-ring (bicyclic) bond motifs is 3. The standard InChI is InChI=1S/C17H20NO5P.2C2H6/c1-10-5-4-6-12-15(10)13(18(2)3)9-11-7-8-14(17(19)16(11)12)23-24(20,21)22;2*1-2/h4-8,13,19H,9H2,1-3H3,(H2,20,21,22);2*1-2H3. The summed E-state index contributed by atoms with van der Waals surface area (Å²) in [6.45, 7) is 10.0. The lowest BCUT2D eigenvalue weighted by Gasteiger charge is -2.34. The van der Waals surface area contributed by atoms with Gasteiger partial charge in [0.15, 0.2) is 11.5 Å². The largest absolute Gasteiger partial charge is 0.524 e. The van der Waals surface area contributed by atoms with Crippen LogP contribution < -0.4 is 4.52 Å². The number of phenols is 1. The van der Waals surface area contributed by atoms with Gasteiger partial charge in [0.2, 0.25) is 0 Å². The van der Waals surface area contributed by atoms with Crippen LogP contribution in [0.25, 0.3) is 11.1 Å². The summed E-state index contributed by atoms with van der Waals surface area (Å²) in [5, 5.41) is 10.6. The third-order valence-electron chi connectivity index (χ3n) is 4.41. The number of phenolic OH excluding ortho intramolecular Hbond substituents is 1. The monoisotopic (exact) mass is 409 g/mol. The van der Waals surface area contributed by atoms with Crippen molar-refractivity contribution in [2.75, 3.05) is 14.1 Å². The molecule has 3 rings (SSSR count). The fourth-order valence-electron chi connectivity index (χ4n) is 3.38. The van der Waals surface area contributed by atoms with Gasteiger partial charge < -0.3 is 14.5 Å². The van der Waals surface area contributed by atoms with Crippen molar-refractivity contribution in [2.45, 2.75) is 47.1 Å². The zero-order chi connectivity index (χ0) is 21.6. The summed E-state index contributed by atoms with van der Waals surface area (Å²) in [5.74, 6) is -0.447. The number of aromatic hydroxyl groups is 1. The Morgan fingerprint density at radius 2 is 1.68 bits per heavy atom. The molecule has 2 aromatic rings. The number of likely N-dealkylation sites (N-methyl/N-ethyl adjacent to an activating group) is 1. The van der Waals surface area contributed by atoms with Gasteiger partial charge in [-0.2, -0.15) is 0 Å². The molecule has 0 aliphatic heterocycles. The van der Waals surface area contributed by atoms with Gasteiger partial charge in [-0.3, -0.25) is 9.79 Å². The number of phosphoric ester groups is 1. The van der Waals surface area contributed by atoms with E-state index in [1.165, 1.54) is 6.07 Å². The van der Waals surface area contributed by atoms with Crippen LogP contribution in [0, 0.1) is 6.92 Å². The van der Waals surface area contributed by atoms with Crippen molar-refractivity contribution in [2.24, 2.45) is 0 Å². The van der Waals surface area contributed by atoms with Crippen molar-refractivity contribution in [3.8, 4) is 22.6 Å². The Kier molecular flexibility index (Phi) is 8.71. The number of hydrogen-bond acceptors (Lipinski definition) is 4. The van der Waals surface area contributed by atoms with Gasteiger partial charge in [0.05, 0.1) is 0 Å². The molecule has 0 aromatic heterocycles. The van der Waals surface area contributed by atoms with Gasteiger partial charge in [-0.05, 0) is 55.8 Å². The number of rotatable bonds is 3. The predicted molar refractivity (Wildman–Crippen MR) is 114 cm³/mol. The molecule has 7 heteroatoms. The summed E-state index contributed by atoms with van der Waals surface area (Å²) in [6, 6.07) is 9.17. The maximum Gasteiger partial charge on any atom is 0.524 e. The Morgan fingerprint density at radius 1 is 1.07 bits per heavy atom.